The number of hydrogen-bond acceptors (Lipinski definition) is 7. The van der Waals surface area contributed by atoms with Crippen LogP contribution in [0.2, 0.25) is 0 Å². The van der Waals surface area contributed by atoms with Crippen molar-refractivity contribution in [3.05, 3.63) is 54.5 Å². The largest absolute Gasteiger partial charge is 0.483 e. The number of nitrogens with zero attached hydrogens (tertiary/aromatic N) is 4. The molecule has 0 saturated heterocycles. The molecular weight excluding hydrogens is 402 g/mol. The second-order valence-electron chi connectivity index (χ2n) is 6.67. The normalized spacial score (nSPS) is 10.5. The van der Waals surface area contributed by atoms with Gasteiger partial charge in [-0.3, -0.25) is 14.3 Å². The molecule has 4 N–H and O–H groups in total. The standard InChI is InChI=1S/C19H21N7S.CH2O2/c1-12(2)21-14-4-6-15(7-5-14)27-18-11-17-20-8-9-26(17)19(23-18)22-16-10-13(3)24-25-16;2-1-3/h4-12,21H,1-3H3,(H2,22,23,24,25);1H,(H,2,3). The molecule has 0 radical (unpaired) electrons. The maximum absolute atomic E-state index is 8.36. The fourth-order valence-corrected chi connectivity index (χ4v) is 3.52. The first kappa shape index (κ1) is 21.2. The Kier molecular flexibility index (Phi) is 6.91. The summed E-state index contributed by atoms with van der Waals surface area (Å²) in [5.41, 5.74) is 2.93. The van der Waals surface area contributed by atoms with Crippen LogP contribution in [0.25, 0.3) is 5.65 Å². The number of rotatable bonds is 6. The Balaban J connectivity index is 0.000000806. The molecule has 3 aromatic heterocycles. The summed E-state index contributed by atoms with van der Waals surface area (Å²) >= 11 is 1.60. The van der Waals surface area contributed by atoms with E-state index in [1.807, 2.05) is 29.7 Å². The van der Waals surface area contributed by atoms with Crippen LogP contribution in [0, 0.1) is 6.92 Å². The second kappa shape index (κ2) is 9.79. The van der Waals surface area contributed by atoms with Gasteiger partial charge in [-0.2, -0.15) is 5.10 Å². The number of imidazole rings is 1. The Morgan fingerprint density at radius 3 is 2.60 bits per heavy atom. The van der Waals surface area contributed by atoms with Crippen molar-refractivity contribution < 1.29 is 9.90 Å². The van der Waals surface area contributed by atoms with Gasteiger partial charge >= 0.3 is 0 Å². The van der Waals surface area contributed by atoms with Gasteiger partial charge in [-0.1, -0.05) is 11.8 Å². The van der Waals surface area contributed by atoms with Gasteiger partial charge in [-0.25, -0.2) is 9.97 Å². The predicted octanol–water partition coefficient (Wildman–Crippen LogP) is 4.18. The number of nitrogens with one attached hydrogen (secondary N) is 3. The van der Waals surface area contributed by atoms with Crippen LogP contribution in [0.3, 0.4) is 0 Å². The SMILES string of the molecule is Cc1cc(Nc2nc(Sc3ccc(NC(C)C)cc3)cc3nccn23)n[nH]1.O=CO. The molecule has 0 spiro atoms. The molecule has 0 unspecified atom stereocenters. The third kappa shape index (κ3) is 5.51. The van der Waals surface area contributed by atoms with E-state index >= 15 is 0 Å². The van der Waals surface area contributed by atoms with Crippen molar-refractivity contribution in [2.24, 2.45) is 0 Å². The lowest BCUT2D eigenvalue weighted by molar-refractivity contribution is -0.122. The van der Waals surface area contributed by atoms with Crippen LogP contribution < -0.4 is 10.6 Å². The minimum Gasteiger partial charge on any atom is -0.483 e. The van der Waals surface area contributed by atoms with Crippen LogP contribution in [-0.4, -0.2) is 42.2 Å². The fraction of sp³-hybridized carbons (Fsp3) is 0.200. The van der Waals surface area contributed by atoms with Gasteiger partial charge in [0.15, 0.2) is 5.82 Å². The molecule has 0 fully saturated rings. The number of benzene rings is 1. The maximum atomic E-state index is 8.36. The Morgan fingerprint density at radius 1 is 1.23 bits per heavy atom. The number of hydrogen-bond donors (Lipinski definition) is 4. The number of anilines is 3. The van der Waals surface area contributed by atoms with Gasteiger partial charge in [0, 0.05) is 46.8 Å². The summed E-state index contributed by atoms with van der Waals surface area (Å²) in [6, 6.07) is 12.7. The minimum atomic E-state index is -0.250. The van der Waals surface area contributed by atoms with Crippen molar-refractivity contribution in [3.63, 3.8) is 0 Å². The van der Waals surface area contributed by atoms with Crippen molar-refractivity contribution in [1.29, 1.82) is 0 Å². The number of aromatic amines is 1. The number of carboxylic acid groups (broad SMARTS) is 1. The van der Waals surface area contributed by atoms with E-state index < -0.39 is 0 Å². The Bertz CT molecular complexity index is 1110. The summed E-state index contributed by atoms with van der Waals surface area (Å²) in [5, 5.41) is 21.6. The first-order chi connectivity index (χ1) is 14.5. The van der Waals surface area contributed by atoms with E-state index in [1.54, 1.807) is 18.0 Å². The zero-order chi connectivity index (χ0) is 21.5. The topological polar surface area (TPSA) is 120 Å². The lowest BCUT2D eigenvalue weighted by Gasteiger charge is -2.11. The minimum absolute atomic E-state index is 0.250. The van der Waals surface area contributed by atoms with Crippen molar-refractivity contribution in [3.8, 4) is 0 Å². The van der Waals surface area contributed by atoms with E-state index in [9.17, 15) is 0 Å². The van der Waals surface area contributed by atoms with E-state index in [2.05, 4.69) is 63.9 Å². The molecule has 156 valence electrons. The molecule has 9 nitrogen and oxygen atoms in total. The summed E-state index contributed by atoms with van der Waals surface area (Å²) in [7, 11) is 0. The fourth-order valence-electron chi connectivity index (χ4n) is 2.71. The molecule has 10 heteroatoms. The molecule has 0 aliphatic carbocycles. The third-order valence-corrected chi connectivity index (χ3v) is 4.77. The summed E-state index contributed by atoms with van der Waals surface area (Å²) in [5.74, 6) is 1.40. The van der Waals surface area contributed by atoms with Crippen molar-refractivity contribution in [2.75, 3.05) is 10.6 Å². The van der Waals surface area contributed by atoms with Gasteiger partial charge in [0.2, 0.25) is 5.95 Å². The van der Waals surface area contributed by atoms with Gasteiger partial charge < -0.3 is 15.7 Å². The molecular formula is C20H23N7O2S. The predicted molar refractivity (Wildman–Crippen MR) is 118 cm³/mol. The van der Waals surface area contributed by atoms with Crippen LogP contribution in [0.1, 0.15) is 19.5 Å². The van der Waals surface area contributed by atoms with Crippen LogP contribution in [0.15, 0.2) is 58.7 Å². The summed E-state index contributed by atoms with van der Waals surface area (Å²) in [6.45, 7) is 5.96. The highest BCUT2D eigenvalue weighted by molar-refractivity contribution is 7.99. The Labute approximate surface area is 178 Å². The molecule has 0 atom stereocenters. The van der Waals surface area contributed by atoms with Gasteiger partial charge in [0.05, 0.1) is 0 Å². The third-order valence-electron chi connectivity index (χ3n) is 3.84. The molecule has 0 aliphatic rings. The highest BCUT2D eigenvalue weighted by atomic mass is 32.2. The summed E-state index contributed by atoms with van der Waals surface area (Å²) < 4.78 is 1.91. The molecule has 3 heterocycles. The average Bonchev–Trinajstić information content (AvgIpc) is 3.32. The number of aryl methyl sites for hydroxylation is 1. The zero-order valence-corrected chi connectivity index (χ0v) is 17.6. The molecule has 30 heavy (non-hydrogen) atoms. The van der Waals surface area contributed by atoms with E-state index in [-0.39, 0.29) is 6.47 Å². The number of carbonyl (C=O) groups is 1. The van der Waals surface area contributed by atoms with Crippen molar-refractivity contribution in [2.45, 2.75) is 36.7 Å². The van der Waals surface area contributed by atoms with Crippen molar-refractivity contribution in [1.82, 2.24) is 24.6 Å². The Morgan fingerprint density at radius 2 is 1.97 bits per heavy atom. The van der Waals surface area contributed by atoms with Gasteiger partial charge in [0.25, 0.3) is 6.47 Å². The Hall–Kier alpha value is -3.53. The van der Waals surface area contributed by atoms with E-state index in [4.69, 9.17) is 14.9 Å². The van der Waals surface area contributed by atoms with Crippen LogP contribution >= 0.6 is 11.8 Å². The molecule has 4 rings (SSSR count). The van der Waals surface area contributed by atoms with Crippen LogP contribution in [0.5, 0.6) is 0 Å². The molecule has 0 bridgehead atoms. The quantitative estimate of drug-likeness (QED) is 0.268. The number of fused-ring (bicyclic) bond motifs is 1. The van der Waals surface area contributed by atoms with E-state index in [0.717, 1.165) is 32.8 Å². The van der Waals surface area contributed by atoms with Crippen molar-refractivity contribution >= 4 is 41.3 Å². The smallest absolute Gasteiger partial charge is 0.290 e. The van der Waals surface area contributed by atoms with Gasteiger partial charge in [0.1, 0.15) is 10.7 Å². The van der Waals surface area contributed by atoms with E-state index in [1.165, 1.54) is 0 Å². The molecule has 0 amide bonds. The van der Waals surface area contributed by atoms with Crippen LogP contribution in [0.4, 0.5) is 17.5 Å². The average molecular weight is 426 g/mol. The highest BCUT2D eigenvalue weighted by Gasteiger charge is 2.10. The maximum Gasteiger partial charge on any atom is 0.290 e. The number of aromatic nitrogens is 5. The molecule has 1 aromatic carbocycles. The van der Waals surface area contributed by atoms with Crippen LogP contribution in [-0.2, 0) is 4.79 Å². The second-order valence-corrected chi connectivity index (χ2v) is 7.76. The first-order valence-corrected chi connectivity index (χ1v) is 10.1. The zero-order valence-electron chi connectivity index (χ0n) is 16.8. The lowest BCUT2D eigenvalue weighted by Crippen LogP contribution is -2.09. The lowest BCUT2D eigenvalue weighted by atomic mass is 10.3. The molecule has 0 aliphatic heterocycles. The van der Waals surface area contributed by atoms with E-state index in [0.29, 0.717) is 12.0 Å². The monoisotopic (exact) mass is 425 g/mol. The van der Waals surface area contributed by atoms with Gasteiger partial charge in [-0.15, -0.1) is 0 Å². The number of H-pyrrole nitrogens is 1. The summed E-state index contributed by atoms with van der Waals surface area (Å²) in [4.78, 5) is 18.6. The first-order valence-electron chi connectivity index (χ1n) is 9.24. The summed E-state index contributed by atoms with van der Waals surface area (Å²) in [6.07, 6.45) is 3.64. The highest BCUT2D eigenvalue weighted by Crippen LogP contribution is 2.29. The molecule has 0 saturated carbocycles. The van der Waals surface area contributed by atoms with Gasteiger partial charge in [-0.05, 0) is 45.0 Å². The molecule has 4 aromatic rings.